The number of nitrogens with zero attached hydrogens (tertiary/aromatic N) is 3. The molecule has 0 amide bonds. The first-order valence-corrected chi connectivity index (χ1v) is 15.4. The second kappa shape index (κ2) is 15.8. The highest BCUT2D eigenvalue weighted by Gasteiger charge is 2.30. The molecule has 44 heavy (non-hydrogen) atoms. The third-order valence-corrected chi connectivity index (χ3v) is 7.60. The lowest BCUT2D eigenvalue weighted by Gasteiger charge is -2.18. The van der Waals surface area contributed by atoms with Crippen molar-refractivity contribution in [3.8, 4) is 34.4 Å². The Balaban J connectivity index is 1.51. The van der Waals surface area contributed by atoms with Crippen LogP contribution in [-0.2, 0) is 6.18 Å². The number of ether oxygens (including phenoxy) is 3. The van der Waals surface area contributed by atoms with Crippen LogP contribution in [0.2, 0.25) is 0 Å². The van der Waals surface area contributed by atoms with Crippen molar-refractivity contribution in [3.63, 3.8) is 0 Å². The lowest BCUT2D eigenvalue weighted by molar-refractivity contribution is -0.137. The number of halogens is 3. The van der Waals surface area contributed by atoms with E-state index in [1.54, 1.807) is 12.1 Å². The Hall–Kier alpha value is -3.76. The minimum absolute atomic E-state index is 0.115. The summed E-state index contributed by atoms with van der Waals surface area (Å²) in [5, 5.41) is 0. The summed E-state index contributed by atoms with van der Waals surface area (Å²) < 4.78 is 57.3. The average molecular weight is 613 g/mol. The van der Waals surface area contributed by atoms with E-state index >= 15 is 0 Å². The van der Waals surface area contributed by atoms with Gasteiger partial charge in [0, 0.05) is 30.8 Å². The Morgan fingerprint density at radius 2 is 1.36 bits per heavy atom. The maximum Gasteiger partial charge on any atom is 0.416 e. The predicted molar refractivity (Wildman–Crippen MR) is 169 cm³/mol. The molecule has 0 unspecified atom stereocenters. The molecule has 0 saturated carbocycles. The number of hydrogen-bond acceptors (Lipinski definition) is 6. The monoisotopic (exact) mass is 612 g/mol. The standard InChI is InChI=1S/C34H43F3N4O3/c1-5-40(6-2)18-10-20-42-29-23-30-32(31(24-29)43-21-11-19-41(7-3)8-4)39-33(38-30)25-14-16-27(17-15-25)44-28-13-9-12-26(22-28)34(35,36)37/h9,12-17,22-24H,5-8,10-11,18-21H2,1-4H3,(H,38,39). The lowest BCUT2D eigenvalue weighted by atomic mass is 10.2. The van der Waals surface area contributed by atoms with Gasteiger partial charge < -0.3 is 29.0 Å². The topological polar surface area (TPSA) is 62.9 Å². The van der Waals surface area contributed by atoms with Crippen molar-refractivity contribution in [3.05, 3.63) is 66.2 Å². The fraction of sp³-hybridized carbons (Fsp3) is 0.441. The minimum Gasteiger partial charge on any atom is -0.493 e. The zero-order valence-corrected chi connectivity index (χ0v) is 26.0. The highest BCUT2D eigenvalue weighted by Crippen LogP contribution is 2.35. The molecule has 0 atom stereocenters. The van der Waals surface area contributed by atoms with Gasteiger partial charge in [0.05, 0.1) is 24.3 Å². The summed E-state index contributed by atoms with van der Waals surface area (Å²) in [5.41, 5.74) is 1.55. The van der Waals surface area contributed by atoms with Gasteiger partial charge in [-0.3, -0.25) is 0 Å². The number of imidazole rings is 1. The maximum absolute atomic E-state index is 13.1. The normalized spacial score (nSPS) is 11.9. The molecular weight excluding hydrogens is 569 g/mol. The molecule has 1 aromatic heterocycles. The van der Waals surface area contributed by atoms with Crippen molar-refractivity contribution >= 4 is 11.0 Å². The summed E-state index contributed by atoms with van der Waals surface area (Å²) >= 11 is 0. The Morgan fingerprint density at radius 1 is 0.727 bits per heavy atom. The van der Waals surface area contributed by atoms with Crippen LogP contribution in [0.25, 0.3) is 22.4 Å². The fourth-order valence-electron chi connectivity index (χ4n) is 4.97. The van der Waals surface area contributed by atoms with E-state index in [9.17, 15) is 13.2 Å². The summed E-state index contributed by atoms with van der Waals surface area (Å²) in [6.45, 7) is 15.8. The molecule has 4 aromatic rings. The van der Waals surface area contributed by atoms with Gasteiger partial charge in [-0.1, -0.05) is 33.8 Å². The number of rotatable bonds is 17. The van der Waals surface area contributed by atoms with Gasteiger partial charge in [0.25, 0.3) is 0 Å². The first-order valence-electron chi connectivity index (χ1n) is 15.4. The smallest absolute Gasteiger partial charge is 0.416 e. The van der Waals surface area contributed by atoms with Crippen molar-refractivity contribution in [2.75, 3.05) is 52.5 Å². The van der Waals surface area contributed by atoms with Crippen molar-refractivity contribution in [1.29, 1.82) is 0 Å². The van der Waals surface area contributed by atoms with Gasteiger partial charge in [0.1, 0.15) is 28.6 Å². The average Bonchev–Trinajstić information content (AvgIpc) is 3.46. The number of aromatic nitrogens is 2. The molecule has 0 aliphatic heterocycles. The summed E-state index contributed by atoms with van der Waals surface area (Å²) in [5.74, 6) is 2.55. The van der Waals surface area contributed by atoms with Gasteiger partial charge in [0.2, 0.25) is 0 Å². The first kappa shape index (κ1) is 33.1. The molecular formula is C34H43F3N4O3. The fourth-order valence-corrected chi connectivity index (χ4v) is 4.97. The largest absolute Gasteiger partial charge is 0.493 e. The van der Waals surface area contributed by atoms with Crippen LogP contribution in [0.15, 0.2) is 60.7 Å². The molecule has 238 valence electrons. The molecule has 0 fully saturated rings. The first-order chi connectivity index (χ1) is 21.2. The van der Waals surface area contributed by atoms with Gasteiger partial charge in [-0.05, 0) is 81.5 Å². The van der Waals surface area contributed by atoms with Crippen LogP contribution in [0.4, 0.5) is 13.2 Å². The molecule has 0 radical (unpaired) electrons. The van der Waals surface area contributed by atoms with E-state index in [4.69, 9.17) is 19.2 Å². The van der Waals surface area contributed by atoms with Crippen LogP contribution in [0, 0.1) is 0 Å². The number of hydrogen-bond donors (Lipinski definition) is 1. The Morgan fingerprint density at radius 3 is 1.98 bits per heavy atom. The molecule has 1 N–H and O–H groups in total. The third kappa shape index (κ3) is 9.12. The molecule has 3 aromatic carbocycles. The molecule has 10 heteroatoms. The van der Waals surface area contributed by atoms with Crippen LogP contribution >= 0.6 is 0 Å². The third-order valence-electron chi connectivity index (χ3n) is 7.60. The number of benzene rings is 3. The minimum atomic E-state index is -4.44. The van der Waals surface area contributed by atoms with E-state index < -0.39 is 11.7 Å². The second-order valence-electron chi connectivity index (χ2n) is 10.5. The number of nitrogens with one attached hydrogen (secondary N) is 1. The van der Waals surface area contributed by atoms with Gasteiger partial charge in [-0.15, -0.1) is 0 Å². The molecule has 0 aliphatic rings. The van der Waals surface area contributed by atoms with Gasteiger partial charge in [-0.25, -0.2) is 4.98 Å². The molecule has 0 aliphatic carbocycles. The van der Waals surface area contributed by atoms with Crippen LogP contribution in [0.3, 0.4) is 0 Å². The van der Waals surface area contributed by atoms with Crippen molar-refractivity contribution in [2.24, 2.45) is 0 Å². The van der Waals surface area contributed by atoms with Gasteiger partial charge in [0.15, 0.2) is 5.75 Å². The Kier molecular flexibility index (Phi) is 11.9. The lowest BCUT2D eigenvalue weighted by Crippen LogP contribution is -2.25. The molecule has 1 heterocycles. The summed E-state index contributed by atoms with van der Waals surface area (Å²) in [6.07, 6.45) is -2.62. The van der Waals surface area contributed by atoms with Crippen LogP contribution in [-0.4, -0.2) is 72.3 Å². The number of alkyl halides is 3. The molecule has 0 bridgehead atoms. The van der Waals surface area contributed by atoms with Crippen LogP contribution in [0.1, 0.15) is 46.1 Å². The molecule has 0 saturated heterocycles. The summed E-state index contributed by atoms with van der Waals surface area (Å²) in [4.78, 5) is 13.0. The van der Waals surface area contributed by atoms with Crippen molar-refractivity contribution in [2.45, 2.75) is 46.7 Å². The van der Waals surface area contributed by atoms with E-state index in [1.165, 1.54) is 12.1 Å². The van der Waals surface area contributed by atoms with E-state index in [2.05, 4.69) is 42.5 Å². The highest BCUT2D eigenvalue weighted by atomic mass is 19.4. The second-order valence-corrected chi connectivity index (χ2v) is 10.5. The highest BCUT2D eigenvalue weighted by molar-refractivity contribution is 5.86. The van der Waals surface area contributed by atoms with Crippen LogP contribution < -0.4 is 14.2 Å². The van der Waals surface area contributed by atoms with Gasteiger partial charge in [-0.2, -0.15) is 13.2 Å². The van der Waals surface area contributed by atoms with Crippen LogP contribution in [0.5, 0.6) is 23.0 Å². The maximum atomic E-state index is 13.1. The number of aromatic amines is 1. The summed E-state index contributed by atoms with van der Waals surface area (Å²) in [6, 6.07) is 15.7. The van der Waals surface area contributed by atoms with Gasteiger partial charge >= 0.3 is 6.18 Å². The van der Waals surface area contributed by atoms with Crippen molar-refractivity contribution in [1.82, 2.24) is 19.8 Å². The zero-order valence-electron chi connectivity index (χ0n) is 26.0. The predicted octanol–water partition coefficient (Wildman–Crippen LogP) is 8.26. The quantitative estimate of drug-likeness (QED) is 0.121. The molecule has 4 rings (SSSR count). The van der Waals surface area contributed by atoms with E-state index in [0.717, 1.165) is 81.1 Å². The zero-order chi connectivity index (χ0) is 31.5. The Labute approximate surface area is 257 Å². The number of fused-ring (bicyclic) bond motifs is 1. The molecule has 0 spiro atoms. The van der Waals surface area contributed by atoms with E-state index in [-0.39, 0.29) is 5.75 Å². The van der Waals surface area contributed by atoms with Crippen molar-refractivity contribution < 1.29 is 27.4 Å². The SMILES string of the molecule is CCN(CC)CCCOc1cc(OCCCN(CC)CC)c2nc(-c3ccc(Oc4cccc(C(F)(F)F)c4)cc3)[nH]c2c1. The van der Waals surface area contributed by atoms with E-state index in [1.807, 2.05) is 24.3 Å². The summed E-state index contributed by atoms with van der Waals surface area (Å²) in [7, 11) is 0. The van der Waals surface area contributed by atoms with E-state index in [0.29, 0.717) is 36.1 Å². The number of H-pyrrole nitrogens is 1. The Bertz CT molecular complexity index is 1450. The molecule has 7 nitrogen and oxygen atoms in total.